The number of nitrogens with zero attached hydrogens (tertiary/aromatic N) is 12. The van der Waals surface area contributed by atoms with Crippen LogP contribution in [0.3, 0.4) is 0 Å². The lowest BCUT2D eigenvalue weighted by molar-refractivity contribution is 0.629. The van der Waals surface area contributed by atoms with Gasteiger partial charge in [0.25, 0.3) is 0 Å². The fraction of sp³-hybridized carbons (Fsp3) is 0. The van der Waals surface area contributed by atoms with E-state index < -0.39 is 0 Å². The molecule has 8 aromatic heterocycles. The van der Waals surface area contributed by atoms with Crippen LogP contribution < -0.4 is 0 Å². The van der Waals surface area contributed by atoms with Gasteiger partial charge in [0.15, 0.2) is 0 Å². The van der Waals surface area contributed by atoms with Crippen LogP contribution >= 0.6 is 0 Å². The van der Waals surface area contributed by atoms with Gasteiger partial charge in [-0.25, -0.2) is 28.2 Å². The minimum absolute atomic E-state index is 0.217. The summed E-state index contributed by atoms with van der Waals surface area (Å²) in [5, 5.41) is 17.7. The third-order valence-corrected chi connectivity index (χ3v) is 29.5. The molecule has 14 heteroatoms. The van der Waals surface area contributed by atoms with E-state index in [9.17, 15) is 8.78 Å². The summed E-state index contributed by atoms with van der Waals surface area (Å²) in [5.74, 6) is -0.471. The summed E-state index contributed by atoms with van der Waals surface area (Å²) >= 11 is 0. The number of rotatable bonds is 10. The number of hydrogen-bond donors (Lipinski definition) is 0. The molecule has 150 heavy (non-hydrogen) atoms. The lowest BCUT2D eigenvalue weighted by Gasteiger charge is -2.12. The van der Waals surface area contributed by atoms with Gasteiger partial charge in [-0.05, 0) is 198 Å². The van der Waals surface area contributed by atoms with Crippen molar-refractivity contribution in [2.45, 2.75) is 0 Å². The summed E-state index contributed by atoms with van der Waals surface area (Å²) in [6.45, 7) is 31.2. The van der Waals surface area contributed by atoms with Crippen molar-refractivity contribution in [2.24, 2.45) is 0 Å². The van der Waals surface area contributed by atoms with Gasteiger partial charge in [-0.3, -0.25) is 0 Å². The van der Waals surface area contributed by atoms with Gasteiger partial charge in [0.2, 0.25) is 22.7 Å². The van der Waals surface area contributed by atoms with Crippen LogP contribution in [0.1, 0.15) is 0 Å². The molecule has 0 unspecified atom stereocenters. The van der Waals surface area contributed by atoms with E-state index in [2.05, 4.69) is 365 Å². The monoisotopic (exact) mass is 1920 g/mol. The standard InChI is InChI=1S/2C37H23N3.2C31H18FN3/c1-38-29-18-7-10-21-32(29)40-33-22-11-17-26(25-13-3-2-4-14-25)36(33)37-34(23-12-24-35(37)40)39-30-19-8-5-15-27(30)28-16-6-9-20-31(28)39;1-38-30-16-7-10-19-33(30)40-35-21-11-20-34(39-31-17-8-5-14-27(31)28-15-6-9-18-32(28)39)37(35)29-23-22-26(24-36(29)40)25-12-3-2-4-13-25;1-33-25-12-4-7-15-29(25)35-26-13-5-2-9-21(26)23-19-20(17-18-28(23)35)34-27-14-6-3-10-22(27)31-24(32)11-8-16-30(31)34;1-33-26-10-4-7-13-30(26)35-28-12-6-3-9-23(28)25-19-21(15-17-29(25)35)34-27-11-5-2-8-22(27)24-16-14-20(32)18-31(24)34/h2*2-24H;2*2-19H. The van der Waals surface area contributed by atoms with Crippen LogP contribution in [0.5, 0.6) is 0 Å². The molecule has 12 nitrogen and oxygen atoms in total. The van der Waals surface area contributed by atoms with Crippen molar-refractivity contribution in [1.29, 1.82) is 0 Å². The molecular formula is C136H82F2N12. The predicted molar refractivity (Wildman–Crippen MR) is 616 cm³/mol. The molecule has 0 bridgehead atoms. The second kappa shape index (κ2) is 36.2. The Hall–Kier alpha value is -20.9. The van der Waals surface area contributed by atoms with E-state index >= 15 is 0 Å². The van der Waals surface area contributed by atoms with Crippen molar-refractivity contribution in [3.05, 3.63) is 555 Å². The first-order chi connectivity index (χ1) is 74.2. The average Bonchev–Trinajstić information content (AvgIpc) is 1.55. The van der Waals surface area contributed by atoms with E-state index in [0.717, 1.165) is 160 Å². The molecule has 700 valence electrons. The van der Waals surface area contributed by atoms with Gasteiger partial charge in [-0.2, -0.15) is 0 Å². The SMILES string of the molecule is [C-]#[N+]c1ccccc1-n1c2cc(-c3ccccc3)ccc2c2c(-n3c4ccccc4c4ccccc43)cccc21.[C-]#[N+]c1ccccc1-n1c2cccc(-c3ccccc3)c2c2c(-n3c4ccccc4c4ccccc43)cccc21.[C-]#[N+]c1ccccc1-n1c2ccccc2c2cc(-n3c4ccccc4c4c(F)cccc43)ccc21.[C-]#[N+]c1ccccc1-n1c2ccccc2c2cc(-n3c4ccccc4c4ccc(F)cc43)ccc21. The van der Waals surface area contributed by atoms with E-state index in [4.69, 9.17) is 26.3 Å². The molecule has 0 aliphatic rings. The fourth-order valence-electron chi connectivity index (χ4n) is 23.2. The summed E-state index contributed by atoms with van der Waals surface area (Å²) < 4.78 is 47.2. The first-order valence-corrected chi connectivity index (χ1v) is 49.7. The Morgan fingerprint density at radius 1 is 0.153 bits per heavy atom. The second-order valence-corrected chi connectivity index (χ2v) is 37.4. The third kappa shape index (κ3) is 14.1. The van der Waals surface area contributed by atoms with Crippen molar-refractivity contribution in [1.82, 2.24) is 36.5 Å². The molecule has 0 atom stereocenters. The minimum Gasteiger partial charge on any atom is -0.319 e. The number of halogens is 2. The summed E-state index contributed by atoms with van der Waals surface area (Å²) in [5.41, 5.74) is 31.7. The van der Waals surface area contributed by atoms with E-state index in [1.807, 2.05) is 164 Å². The Bertz CT molecular complexity index is 10700. The average molecular weight is 1920 g/mol. The quantitative estimate of drug-likeness (QED) is 0.123. The smallest absolute Gasteiger partial charge is 0.210 e. The van der Waals surface area contributed by atoms with Crippen LogP contribution in [0.2, 0.25) is 0 Å². The zero-order valence-corrected chi connectivity index (χ0v) is 80.5. The van der Waals surface area contributed by atoms with Gasteiger partial charge in [0, 0.05) is 97.6 Å². The van der Waals surface area contributed by atoms with Gasteiger partial charge >= 0.3 is 0 Å². The first-order valence-electron chi connectivity index (χ1n) is 49.7. The van der Waals surface area contributed by atoms with Crippen LogP contribution in [0, 0.1) is 37.9 Å². The molecule has 0 N–H and O–H groups in total. The molecular weight excluding hydrogens is 1840 g/mol. The third-order valence-electron chi connectivity index (χ3n) is 29.5. The largest absolute Gasteiger partial charge is 0.319 e. The maximum atomic E-state index is 14.9. The molecule has 0 spiro atoms. The molecule has 0 fully saturated rings. The van der Waals surface area contributed by atoms with Gasteiger partial charge in [-0.1, -0.05) is 322 Å². The van der Waals surface area contributed by atoms with Crippen molar-refractivity contribution in [3.63, 3.8) is 0 Å². The molecule has 0 radical (unpaired) electrons. The van der Waals surface area contributed by atoms with Crippen molar-refractivity contribution >= 4 is 197 Å². The highest BCUT2D eigenvalue weighted by atomic mass is 19.1. The Morgan fingerprint density at radius 3 is 0.867 bits per heavy atom. The van der Waals surface area contributed by atoms with Crippen molar-refractivity contribution in [2.75, 3.05) is 0 Å². The predicted octanol–water partition coefficient (Wildman–Crippen LogP) is 37.3. The Labute approximate surface area is 859 Å². The van der Waals surface area contributed by atoms with E-state index in [-0.39, 0.29) is 11.6 Å². The van der Waals surface area contributed by atoms with Crippen LogP contribution in [0.25, 0.3) is 262 Å². The zero-order chi connectivity index (χ0) is 100. The molecule has 0 aliphatic carbocycles. The number of benzene rings is 22. The van der Waals surface area contributed by atoms with Crippen LogP contribution in [-0.4, -0.2) is 36.5 Å². The Balaban J connectivity index is 0.0000000985. The summed E-state index contributed by atoms with van der Waals surface area (Å²) in [6.07, 6.45) is 0. The van der Waals surface area contributed by atoms with Crippen LogP contribution in [0.4, 0.5) is 31.5 Å². The molecule has 30 rings (SSSR count). The highest BCUT2D eigenvalue weighted by Gasteiger charge is 2.28. The number of hydrogen-bond acceptors (Lipinski definition) is 0. The second-order valence-electron chi connectivity index (χ2n) is 37.4. The molecule has 22 aromatic carbocycles. The van der Waals surface area contributed by atoms with E-state index in [1.54, 1.807) is 12.1 Å². The number of fused-ring (bicyclic) bond motifs is 24. The van der Waals surface area contributed by atoms with Crippen LogP contribution in [-0.2, 0) is 0 Å². The lowest BCUT2D eigenvalue weighted by atomic mass is 9.99. The molecule has 30 aromatic rings. The minimum atomic E-state index is -0.255. The maximum Gasteiger partial charge on any atom is 0.210 e. The summed E-state index contributed by atoms with van der Waals surface area (Å²) in [6, 6.07) is 169. The lowest BCUT2D eigenvalue weighted by Crippen LogP contribution is -1.96. The Kier molecular flexibility index (Phi) is 21.2. The van der Waals surface area contributed by atoms with Gasteiger partial charge in [0.05, 0.1) is 149 Å². The maximum absolute atomic E-state index is 14.9. The van der Waals surface area contributed by atoms with Gasteiger partial charge in [-0.15, -0.1) is 0 Å². The summed E-state index contributed by atoms with van der Waals surface area (Å²) in [7, 11) is 0. The normalized spacial score (nSPS) is 11.5. The highest BCUT2D eigenvalue weighted by Crippen LogP contribution is 2.50. The fourth-order valence-corrected chi connectivity index (χ4v) is 23.2. The van der Waals surface area contributed by atoms with Crippen LogP contribution in [0.15, 0.2) is 497 Å². The zero-order valence-electron chi connectivity index (χ0n) is 80.5. The molecule has 0 amide bonds. The number of aromatic nitrogens is 8. The van der Waals surface area contributed by atoms with E-state index in [0.29, 0.717) is 28.1 Å². The molecule has 0 saturated heterocycles. The molecule has 0 saturated carbocycles. The topological polar surface area (TPSA) is 56.9 Å². The van der Waals surface area contributed by atoms with E-state index in [1.165, 1.54) is 88.6 Å². The first kappa shape index (κ1) is 88.0. The van der Waals surface area contributed by atoms with Gasteiger partial charge in [0.1, 0.15) is 11.6 Å². The van der Waals surface area contributed by atoms with Gasteiger partial charge < -0.3 is 36.5 Å². The van der Waals surface area contributed by atoms with Crippen molar-refractivity contribution < 1.29 is 8.78 Å². The molecule has 0 aliphatic heterocycles. The highest BCUT2D eigenvalue weighted by molar-refractivity contribution is 6.23. The Morgan fingerprint density at radius 2 is 0.427 bits per heavy atom. The molecule has 8 heterocycles. The number of para-hydroxylation sites is 16. The summed E-state index contributed by atoms with van der Waals surface area (Å²) in [4.78, 5) is 15.3. The van der Waals surface area contributed by atoms with Crippen molar-refractivity contribution in [3.8, 4) is 67.8 Å².